The summed E-state index contributed by atoms with van der Waals surface area (Å²) in [6, 6.07) is 7.19. The van der Waals surface area contributed by atoms with Crippen molar-refractivity contribution in [1.82, 2.24) is 9.78 Å². The maximum absolute atomic E-state index is 10.6. The van der Waals surface area contributed by atoms with Crippen LogP contribution in [0, 0.1) is 0 Å². The van der Waals surface area contributed by atoms with Crippen molar-refractivity contribution < 1.29 is 14.6 Å². The molecule has 1 heterocycles. The predicted molar refractivity (Wildman–Crippen MR) is 74.9 cm³/mol. The number of benzene rings is 1. The fraction of sp³-hybridized carbons (Fsp3) is 0.231. The maximum atomic E-state index is 10.6. The van der Waals surface area contributed by atoms with Gasteiger partial charge in [-0.25, -0.2) is 4.68 Å². The Hall–Kier alpha value is -2.70. The number of anilines is 2. The summed E-state index contributed by atoms with van der Waals surface area (Å²) in [5.41, 5.74) is 13.1. The first kappa shape index (κ1) is 13.7. The fourth-order valence-electron chi connectivity index (χ4n) is 1.91. The normalized spacial score (nSPS) is 10.4. The molecule has 7 nitrogen and oxygen atoms in total. The van der Waals surface area contributed by atoms with Gasteiger partial charge in [0.15, 0.2) is 5.82 Å². The van der Waals surface area contributed by atoms with Crippen molar-refractivity contribution in [2.75, 3.05) is 18.6 Å². The van der Waals surface area contributed by atoms with E-state index in [2.05, 4.69) is 5.10 Å². The van der Waals surface area contributed by atoms with E-state index in [1.54, 1.807) is 19.2 Å². The molecule has 7 heteroatoms. The number of carboxylic acids is 1. The van der Waals surface area contributed by atoms with E-state index < -0.39 is 5.97 Å². The van der Waals surface area contributed by atoms with Crippen LogP contribution in [0.5, 0.6) is 5.75 Å². The molecule has 1 aromatic heterocycles. The van der Waals surface area contributed by atoms with Gasteiger partial charge in [0.1, 0.15) is 11.6 Å². The highest BCUT2D eigenvalue weighted by atomic mass is 16.5. The summed E-state index contributed by atoms with van der Waals surface area (Å²) in [5.74, 6) is 0.351. The van der Waals surface area contributed by atoms with Gasteiger partial charge in [0, 0.05) is 18.1 Å². The Labute approximate surface area is 115 Å². The lowest BCUT2D eigenvalue weighted by Gasteiger charge is -2.06. The van der Waals surface area contributed by atoms with E-state index in [4.69, 9.17) is 21.3 Å². The van der Waals surface area contributed by atoms with E-state index >= 15 is 0 Å². The Kier molecular flexibility index (Phi) is 3.79. The van der Waals surface area contributed by atoms with Gasteiger partial charge in [-0.15, -0.1) is 5.10 Å². The number of aromatic nitrogens is 2. The number of nitrogens with two attached hydrogens (primary N) is 2. The van der Waals surface area contributed by atoms with Crippen LogP contribution in [0.15, 0.2) is 24.3 Å². The third-order valence-corrected chi connectivity index (χ3v) is 2.94. The number of carboxylic acid groups (broad SMARTS) is 1. The molecule has 20 heavy (non-hydrogen) atoms. The van der Waals surface area contributed by atoms with E-state index in [0.29, 0.717) is 22.8 Å². The average molecular weight is 276 g/mol. The van der Waals surface area contributed by atoms with Crippen molar-refractivity contribution in [2.45, 2.75) is 12.8 Å². The fourth-order valence-corrected chi connectivity index (χ4v) is 1.91. The standard InChI is InChI=1S/C13H16N4O3/c1-20-9-4-2-3-8(7-9)17-13(15)10(12(14)16-17)5-6-11(18)19/h2-4,7H,5-6,15H2,1H3,(H2,14,16)(H,18,19). The lowest BCUT2D eigenvalue weighted by atomic mass is 10.1. The molecule has 0 amide bonds. The van der Waals surface area contributed by atoms with Gasteiger partial charge in [0.25, 0.3) is 0 Å². The van der Waals surface area contributed by atoms with Crippen molar-refractivity contribution in [1.29, 1.82) is 0 Å². The van der Waals surface area contributed by atoms with Crippen molar-refractivity contribution >= 4 is 17.6 Å². The molecular weight excluding hydrogens is 260 g/mol. The highest BCUT2D eigenvalue weighted by Gasteiger charge is 2.15. The molecule has 0 saturated carbocycles. The van der Waals surface area contributed by atoms with Crippen molar-refractivity contribution in [3.63, 3.8) is 0 Å². The predicted octanol–water partition coefficient (Wildman–Crippen LogP) is 1.06. The molecule has 0 unspecified atom stereocenters. The molecule has 0 bridgehead atoms. The van der Waals surface area contributed by atoms with Crippen LogP contribution in [-0.4, -0.2) is 28.0 Å². The molecule has 2 rings (SSSR count). The molecule has 0 radical (unpaired) electrons. The van der Waals surface area contributed by atoms with Gasteiger partial charge >= 0.3 is 5.97 Å². The first-order chi connectivity index (χ1) is 9.52. The minimum absolute atomic E-state index is 0.0434. The average Bonchev–Trinajstić information content (AvgIpc) is 2.72. The van der Waals surface area contributed by atoms with Crippen LogP contribution < -0.4 is 16.2 Å². The number of hydrogen-bond donors (Lipinski definition) is 3. The number of methoxy groups -OCH3 is 1. The highest BCUT2D eigenvalue weighted by Crippen LogP contribution is 2.25. The minimum Gasteiger partial charge on any atom is -0.497 e. The van der Waals surface area contributed by atoms with Crippen LogP contribution in [-0.2, 0) is 11.2 Å². The Morgan fingerprint density at radius 1 is 1.45 bits per heavy atom. The first-order valence-corrected chi connectivity index (χ1v) is 6.02. The van der Waals surface area contributed by atoms with Gasteiger partial charge in [0.05, 0.1) is 12.8 Å². The molecule has 106 valence electrons. The molecule has 0 saturated heterocycles. The Balaban J connectivity index is 2.37. The summed E-state index contributed by atoms with van der Waals surface area (Å²) in [4.78, 5) is 10.6. The van der Waals surface area contributed by atoms with Crippen LogP contribution in [0.3, 0.4) is 0 Å². The molecule has 5 N–H and O–H groups in total. The van der Waals surface area contributed by atoms with Gasteiger partial charge in [-0.05, 0) is 18.6 Å². The smallest absolute Gasteiger partial charge is 0.303 e. The number of aliphatic carboxylic acids is 1. The molecule has 1 aromatic carbocycles. The third-order valence-electron chi connectivity index (χ3n) is 2.94. The topological polar surface area (TPSA) is 116 Å². The highest BCUT2D eigenvalue weighted by molar-refractivity contribution is 5.68. The summed E-state index contributed by atoms with van der Waals surface area (Å²) in [7, 11) is 1.57. The zero-order valence-corrected chi connectivity index (χ0v) is 11.0. The molecular formula is C13H16N4O3. The minimum atomic E-state index is -0.905. The third kappa shape index (κ3) is 2.66. The number of nitrogens with zero attached hydrogens (tertiary/aromatic N) is 2. The molecule has 0 aliphatic heterocycles. The van der Waals surface area contributed by atoms with Gasteiger partial charge in [-0.1, -0.05) is 6.07 Å². The largest absolute Gasteiger partial charge is 0.497 e. The number of carbonyl (C=O) groups is 1. The van der Waals surface area contributed by atoms with Gasteiger partial charge in [-0.2, -0.15) is 0 Å². The molecule has 0 fully saturated rings. The van der Waals surface area contributed by atoms with Crippen molar-refractivity contribution in [3.05, 3.63) is 29.8 Å². The van der Waals surface area contributed by atoms with E-state index in [0.717, 1.165) is 0 Å². The second kappa shape index (κ2) is 5.52. The lowest BCUT2D eigenvalue weighted by molar-refractivity contribution is -0.136. The van der Waals surface area contributed by atoms with E-state index in [9.17, 15) is 4.79 Å². The van der Waals surface area contributed by atoms with Crippen LogP contribution >= 0.6 is 0 Å². The summed E-state index contributed by atoms with van der Waals surface area (Å²) in [6.45, 7) is 0. The first-order valence-electron chi connectivity index (χ1n) is 6.02. The van der Waals surface area contributed by atoms with E-state index in [-0.39, 0.29) is 18.7 Å². The van der Waals surface area contributed by atoms with Gasteiger partial charge in [-0.3, -0.25) is 4.79 Å². The molecule has 0 atom stereocenters. The van der Waals surface area contributed by atoms with Crippen LogP contribution in [0.4, 0.5) is 11.6 Å². The summed E-state index contributed by atoms with van der Waals surface area (Å²) in [6.07, 6.45) is 0.204. The van der Waals surface area contributed by atoms with E-state index in [1.165, 1.54) is 4.68 Å². The number of nitrogen functional groups attached to an aromatic ring is 2. The van der Waals surface area contributed by atoms with E-state index in [1.807, 2.05) is 12.1 Å². The second-order valence-electron chi connectivity index (χ2n) is 4.26. The van der Waals surface area contributed by atoms with Crippen LogP contribution in [0.1, 0.15) is 12.0 Å². The number of hydrogen-bond acceptors (Lipinski definition) is 5. The maximum Gasteiger partial charge on any atom is 0.303 e. The zero-order chi connectivity index (χ0) is 14.7. The van der Waals surface area contributed by atoms with Crippen molar-refractivity contribution in [2.24, 2.45) is 0 Å². The number of ether oxygens (including phenoxy) is 1. The monoisotopic (exact) mass is 276 g/mol. The zero-order valence-electron chi connectivity index (χ0n) is 11.0. The molecule has 2 aromatic rings. The quantitative estimate of drug-likeness (QED) is 0.752. The Bertz CT molecular complexity index is 637. The van der Waals surface area contributed by atoms with Gasteiger partial charge < -0.3 is 21.3 Å². The summed E-state index contributed by atoms with van der Waals surface area (Å²) in [5, 5.41) is 12.9. The summed E-state index contributed by atoms with van der Waals surface area (Å²) < 4.78 is 6.62. The molecule has 0 aliphatic rings. The SMILES string of the molecule is COc1cccc(-n2nc(N)c(CCC(=O)O)c2N)c1. The Morgan fingerprint density at radius 3 is 2.85 bits per heavy atom. The second-order valence-corrected chi connectivity index (χ2v) is 4.26. The van der Waals surface area contributed by atoms with Gasteiger partial charge in [0.2, 0.25) is 0 Å². The Morgan fingerprint density at radius 2 is 2.20 bits per heavy atom. The molecule has 0 spiro atoms. The van der Waals surface area contributed by atoms with Crippen LogP contribution in [0.25, 0.3) is 5.69 Å². The van der Waals surface area contributed by atoms with Crippen molar-refractivity contribution in [3.8, 4) is 11.4 Å². The summed E-state index contributed by atoms with van der Waals surface area (Å²) >= 11 is 0. The lowest BCUT2D eigenvalue weighted by Crippen LogP contribution is -2.04. The number of rotatable bonds is 5. The van der Waals surface area contributed by atoms with Crippen LogP contribution in [0.2, 0.25) is 0 Å². The molecule has 0 aliphatic carbocycles.